The van der Waals surface area contributed by atoms with Gasteiger partial charge in [-0.3, -0.25) is 9.59 Å². The Balaban J connectivity index is 1.20. The predicted octanol–water partition coefficient (Wildman–Crippen LogP) is 7.10. The molecule has 0 bridgehead atoms. The fourth-order valence-corrected chi connectivity index (χ4v) is 5.05. The lowest BCUT2D eigenvalue weighted by molar-refractivity contribution is -0.137. The quantitative estimate of drug-likeness (QED) is 0.203. The smallest absolute Gasteiger partial charge is 0.368 e. The van der Waals surface area contributed by atoms with Crippen molar-refractivity contribution in [1.82, 2.24) is 9.97 Å². The van der Waals surface area contributed by atoms with Crippen molar-refractivity contribution in [1.29, 1.82) is 0 Å². The Morgan fingerprint density at radius 1 is 0.949 bits per heavy atom. The highest BCUT2D eigenvalue weighted by molar-refractivity contribution is 7.22. The topological polar surface area (TPSA) is 84.0 Å². The summed E-state index contributed by atoms with van der Waals surface area (Å²) in [5, 5.41) is 5.99. The number of aromatic nitrogens is 2. The molecule has 2 heterocycles. The number of amides is 1. The average Bonchev–Trinajstić information content (AvgIpc) is 3.39. The lowest BCUT2D eigenvalue weighted by Gasteiger charge is -2.10. The number of carbonyl (C=O) groups excluding carboxylic acids is 2. The Bertz CT molecular complexity index is 1630. The summed E-state index contributed by atoms with van der Waals surface area (Å²) in [5.74, 6) is 0.115. The van der Waals surface area contributed by atoms with E-state index in [1.807, 2.05) is 30.3 Å². The fourth-order valence-electron chi connectivity index (χ4n) is 3.97. The zero-order valence-electron chi connectivity index (χ0n) is 20.3. The highest BCUT2D eigenvalue weighted by Crippen LogP contribution is 2.35. The number of nitrogens with zero attached hydrogens (tertiary/aromatic N) is 2. The molecular formula is C29H21F3N4O2S. The number of fused-ring (bicyclic) bond motifs is 1. The van der Waals surface area contributed by atoms with Crippen LogP contribution in [0.25, 0.3) is 20.7 Å². The predicted molar refractivity (Wildman–Crippen MR) is 146 cm³/mol. The number of thiophene rings is 1. The van der Waals surface area contributed by atoms with Crippen molar-refractivity contribution in [3.05, 3.63) is 107 Å². The molecule has 0 unspecified atom stereocenters. The van der Waals surface area contributed by atoms with E-state index >= 15 is 0 Å². The molecule has 0 saturated heterocycles. The number of alkyl halides is 3. The van der Waals surface area contributed by atoms with Gasteiger partial charge in [0.2, 0.25) is 0 Å². The Hall–Kier alpha value is -4.57. The Kier molecular flexibility index (Phi) is 7.38. The minimum Gasteiger partial charge on any atom is -0.368 e. The van der Waals surface area contributed by atoms with E-state index in [2.05, 4.69) is 20.6 Å². The van der Waals surface area contributed by atoms with Crippen LogP contribution in [0.3, 0.4) is 0 Å². The summed E-state index contributed by atoms with van der Waals surface area (Å²) < 4.78 is 39.7. The van der Waals surface area contributed by atoms with Gasteiger partial charge in [-0.25, -0.2) is 9.97 Å². The Morgan fingerprint density at radius 2 is 1.72 bits per heavy atom. The van der Waals surface area contributed by atoms with Crippen molar-refractivity contribution >= 4 is 45.3 Å². The molecule has 0 aliphatic heterocycles. The SMILES string of the molecule is O=Cc1ccc(-c2cc3ncnc(NCCc4ccc(NC(=O)c5cccc(C(F)(F)F)c5)cc4)c3s2)cc1. The molecule has 39 heavy (non-hydrogen) atoms. The van der Waals surface area contributed by atoms with E-state index in [4.69, 9.17) is 0 Å². The van der Waals surface area contributed by atoms with E-state index in [1.165, 1.54) is 18.5 Å². The van der Waals surface area contributed by atoms with Gasteiger partial charge >= 0.3 is 6.18 Å². The maximum Gasteiger partial charge on any atom is 0.416 e. The summed E-state index contributed by atoms with van der Waals surface area (Å²) in [6, 6.07) is 20.8. The van der Waals surface area contributed by atoms with E-state index in [0.717, 1.165) is 50.5 Å². The second kappa shape index (κ2) is 11.0. The van der Waals surface area contributed by atoms with Crippen LogP contribution in [0.1, 0.15) is 31.8 Å². The Morgan fingerprint density at radius 3 is 2.44 bits per heavy atom. The van der Waals surface area contributed by atoms with Gasteiger partial charge in [-0.2, -0.15) is 13.2 Å². The molecule has 5 rings (SSSR count). The first-order valence-electron chi connectivity index (χ1n) is 11.9. The van der Waals surface area contributed by atoms with E-state index in [-0.39, 0.29) is 5.56 Å². The first kappa shape index (κ1) is 26.1. The monoisotopic (exact) mass is 546 g/mol. The van der Waals surface area contributed by atoms with E-state index in [9.17, 15) is 22.8 Å². The number of carbonyl (C=O) groups is 2. The number of rotatable bonds is 8. The molecule has 10 heteroatoms. The molecule has 0 spiro atoms. The molecule has 0 radical (unpaired) electrons. The lowest BCUT2D eigenvalue weighted by atomic mass is 10.1. The van der Waals surface area contributed by atoms with Crippen LogP contribution in [-0.4, -0.2) is 28.7 Å². The summed E-state index contributed by atoms with van der Waals surface area (Å²) in [7, 11) is 0. The zero-order valence-corrected chi connectivity index (χ0v) is 21.1. The minimum atomic E-state index is -4.51. The van der Waals surface area contributed by atoms with Gasteiger partial charge in [0.15, 0.2) is 0 Å². The van der Waals surface area contributed by atoms with Gasteiger partial charge in [-0.05, 0) is 53.9 Å². The number of nitrogens with one attached hydrogen (secondary N) is 2. The van der Waals surface area contributed by atoms with Crippen LogP contribution in [0.2, 0.25) is 0 Å². The van der Waals surface area contributed by atoms with Gasteiger partial charge in [0.1, 0.15) is 18.4 Å². The first-order valence-corrected chi connectivity index (χ1v) is 12.7. The number of halogens is 3. The molecule has 196 valence electrons. The van der Waals surface area contributed by atoms with Crippen LogP contribution in [0, 0.1) is 0 Å². The standard InChI is InChI=1S/C29H21F3N4O2S/c30-29(31,32)22-3-1-2-21(14-22)28(38)36-23-10-6-18(7-11-23)12-13-33-27-26-24(34-17-35-27)15-25(39-26)20-8-4-19(16-37)5-9-20/h1-11,14-17H,12-13H2,(H,36,38)(H,33,34,35). The van der Waals surface area contributed by atoms with Gasteiger partial charge < -0.3 is 10.6 Å². The third-order valence-electron chi connectivity index (χ3n) is 6.01. The number of hydrogen-bond donors (Lipinski definition) is 2. The maximum atomic E-state index is 12.9. The molecule has 2 N–H and O–H groups in total. The Labute approximate surface area is 225 Å². The summed E-state index contributed by atoms with van der Waals surface area (Å²) in [6.07, 6.45) is -1.51. The van der Waals surface area contributed by atoms with Gasteiger partial charge in [-0.15, -0.1) is 11.3 Å². The third-order valence-corrected chi connectivity index (χ3v) is 7.19. The van der Waals surface area contributed by atoms with Crippen LogP contribution < -0.4 is 10.6 Å². The van der Waals surface area contributed by atoms with Crippen molar-refractivity contribution in [2.75, 3.05) is 17.2 Å². The molecule has 0 atom stereocenters. The van der Waals surface area contributed by atoms with Crippen molar-refractivity contribution < 1.29 is 22.8 Å². The molecular weight excluding hydrogens is 525 g/mol. The van der Waals surface area contributed by atoms with E-state index < -0.39 is 17.6 Å². The number of aldehydes is 1. The van der Waals surface area contributed by atoms with Crippen molar-refractivity contribution in [2.45, 2.75) is 12.6 Å². The van der Waals surface area contributed by atoms with Crippen LogP contribution in [0.15, 0.2) is 85.2 Å². The molecule has 0 aliphatic rings. The second-order valence-electron chi connectivity index (χ2n) is 8.69. The summed E-state index contributed by atoms with van der Waals surface area (Å²) >= 11 is 1.57. The van der Waals surface area contributed by atoms with Crippen LogP contribution >= 0.6 is 11.3 Å². The second-order valence-corrected chi connectivity index (χ2v) is 9.75. The molecule has 1 amide bonds. The third kappa shape index (κ3) is 6.12. The minimum absolute atomic E-state index is 0.0658. The van der Waals surface area contributed by atoms with Gasteiger partial charge in [0.25, 0.3) is 5.91 Å². The highest BCUT2D eigenvalue weighted by atomic mass is 32.1. The van der Waals surface area contributed by atoms with Crippen molar-refractivity contribution in [2.24, 2.45) is 0 Å². The normalized spacial score (nSPS) is 11.4. The van der Waals surface area contributed by atoms with E-state index in [1.54, 1.807) is 35.6 Å². The largest absolute Gasteiger partial charge is 0.416 e. The summed E-state index contributed by atoms with van der Waals surface area (Å²) in [4.78, 5) is 33.1. The summed E-state index contributed by atoms with van der Waals surface area (Å²) in [5.41, 5.74) is 3.00. The first-order chi connectivity index (χ1) is 18.8. The molecule has 5 aromatic rings. The number of hydrogen-bond acceptors (Lipinski definition) is 6. The van der Waals surface area contributed by atoms with Gasteiger partial charge in [-0.1, -0.05) is 42.5 Å². The van der Waals surface area contributed by atoms with Crippen LogP contribution in [0.5, 0.6) is 0 Å². The van der Waals surface area contributed by atoms with Crippen LogP contribution in [0.4, 0.5) is 24.7 Å². The molecule has 3 aromatic carbocycles. The highest BCUT2D eigenvalue weighted by Gasteiger charge is 2.30. The number of anilines is 2. The van der Waals surface area contributed by atoms with Gasteiger partial charge in [0, 0.05) is 28.2 Å². The summed E-state index contributed by atoms with van der Waals surface area (Å²) in [6.45, 7) is 0.601. The van der Waals surface area contributed by atoms with Crippen molar-refractivity contribution in [3.63, 3.8) is 0 Å². The fraction of sp³-hybridized carbons (Fsp3) is 0.103. The maximum absolute atomic E-state index is 12.9. The number of benzene rings is 3. The zero-order chi connectivity index (χ0) is 27.4. The van der Waals surface area contributed by atoms with Gasteiger partial charge in [0.05, 0.1) is 15.8 Å². The molecule has 6 nitrogen and oxygen atoms in total. The molecule has 2 aromatic heterocycles. The van der Waals surface area contributed by atoms with Crippen molar-refractivity contribution in [3.8, 4) is 10.4 Å². The average molecular weight is 547 g/mol. The molecule has 0 saturated carbocycles. The van der Waals surface area contributed by atoms with Crippen LogP contribution in [-0.2, 0) is 12.6 Å². The van der Waals surface area contributed by atoms with E-state index in [0.29, 0.717) is 24.2 Å². The lowest BCUT2D eigenvalue weighted by Crippen LogP contribution is -2.14. The molecule has 0 fully saturated rings. The molecule has 0 aliphatic carbocycles.